The Labute approximate surface area is 107 Å². The van der Waals surface area contributed by atoms with Crippen LogP contribution in [0.2, 0.25) is 0 Å². The van der Waals surface area contributed by atoms with E-state index in [1.807, 2.05) is 6.07 Å². The van der Waals surface area contributed by atoms with Crippen LogP contribution in [0.25, 0.3) is 0 Å². The highest BCUT2D eigenvalue weighted by molar-refractivity contribution is 7.89. The molecule has 0 bridgehead atoms. The smallest absolute Gasteiger partial charge is 0.243 e. The average molecular weight is 265 g/mol. The fourth-order valence-corrected chi connectivity index (χ4v) is 3.59. The number of sulfonamides is 1. The number of rotatable bonds is 3. The van der Waals surface area contributed by atoms with Gasteiger partial charge in [-0.2, -0.15) is 9.57 Å². The fraction of sp³-hybridized carbons (Fsp3) is 0.417. The Morgan fingerprint density at radius 3 is 2.56 bits per heavy atom. The Morgan fingerprint density at radius 2 is 2.06 bits per heavy atom. The molecule has 1 saturated heterocycles. The van der Waals surface area contributed by atoms with Crippen LogP contribution in [-0.4, -0.2) is 32.4 Å². The Balaban J connectivity index is 2.23. The Kier molecular flexibility index (Phi) is 3.66. The summed E-state index contributed by atoms with van der Waals surface area (Å²) in [6.07, 6.45) is 0.812. The van der Waals surface area contributed by atoms with Gasteiger partial charge in [0.25, 0.3) is 0 Å². The maximum Gasteiger partial charge on any atom is 0.243 e. The molecule has 0 aromatic heterocycles. The van der Waals surface area contributed by atoms with Gasteiger partial charge in [-0.15, -0.1) is 0 Å². The SMILES string of the molecule is N#Cc1ccc(S(=O)(=O)N2CCC(CN)C2)cc1. The molecule has 6 heteroatoms. The largest absolute Gasteiger partial charge is 0.330 e. The minimum absolute atomic E-state index is 0.235. The molecule has 0 radical (unpaired) electrons. The minimum Gasteiger partial charge on any atom is -0.330 e. The van der Waals surface area contributed by atoms with Gasteiger partial charge in [0.05, 0.1) is 16.5 Å². The van der Waals surface area contributed by atoms with Crippen LogP contribution in [0.3, 0.4) is 0 Å². The Bertz CT molecular complexity index is 560. The van der Waals surface area contributed by atoms with Crippen LogP contribution in [0.5, 0.6) is 0 Å². The van der Waals surface area contributed by atoms with Crippen molar-refractivity contribution in [3.05, 3.63) is 29.8 Å². The number of hydrogen-bond acceptors (Lipinski definition) is 4. The van der Waals surface area contributed by atoms with Crippen molar-refractivity contribution < 1.29 is 8.42 Å². The van der Waals surface area contributed by atoms with Crippen molar-refractivity contribution in [2.24, 2.45) is 11.7 Å². The number of nitrogens with zero attached hydrogens (tertiary/aromatic N) is 2. The summed E-state index contributed by atoms with van der Waals surface area (Å²) in [5.41, 5.74) is 6.01. The number of benzene rings is 1. The van der Waals surface area contributed by atoms with Crippen LogP contribution in [0.1, 0.15) is 12.0 Å². The van der Waals surface area contributed by atoms with Gasteiger partial charge in [-0.1, -0.05) is 0 Å². The van der Waals surface area contributed by atoms with Crippen LogP contribution >= 0.6 is 0 Å². The average Bonchev–Trinajstić information content (AvgIpc) is 2.88. The zero-order valence-electron chi connectivity index (χ0n) is 9.91. The molecular formula is C12H15N3O2S. The van der Waals surface area contributed by atoms with E-state index in [0.717, 1.165) is 6.42 Å². The molecule has 0 saturated carbocycles. The first-order valence-corrected chi connectivity index (χ1v) is 7.22. The highest BCUT2D eigenvalue weighted by Gasteiger charge is 2.31. The fourth-order valence-electron chi connectivity index (χ4n) is 2.06. The summed E-state index contributed by atoms with van der Waals surface area (Å²) in [5.74, 6) is 0.248. The summed E-state index contributed by atoms with van der Waals surface area (Å²) in [6, 6.07) is 7.95. The van der Waals surface area contributed by atoms with E-state index in [0.29, 0.717) is 25.2 Å². The highest BCUT2D eigenvalue weighted by atomic mass is 32.2. The first-order chi connectivity index (χ1) is 8.57. The van der Waals surface area contributed by atoms with Crippen LogP contribution in [0.15, 0.2) is 29.2 Å². The van der Waals surface area contributed by atoms with Crippen LogP contribution in [0, 0.1) is 17.2 Å². The van der Waals surface area contributed by atoms with Crippen molar-refractivity contribution in [1.29, 1.82) is 5.26 Å². The molecule has 0 amide bonds. The van der Waals surface area contributed by atoms with Crippen molar-refractivity contribution in [3.63, 3.8) is 0 Å². The molecule has 2 N–H and O–H groups in total. The van der Waals surface area contributed by atoms with Crippen LogP contribution in [-0.2, 0) is 10.0 Å². The second kappa shape index (κ2) is 5.06. The maximum atomic E-state index is 12.3. The Morgan fingerprint density at radius 1 is 1.39 bits per heavy atom. The van der Waals surface area contributed by atoms with Gasteiger partial charge in [0.1, 0.15) is 0 Å². The van der Waals surface area contributed by atoms with Gasteiger partial charge in [0, 0.05) is 13.1 Å². The molecule has 1 aliphatic rings. The van der Waals surface area contributed by atoms with Gasteiger partial charge < -0.3 is 5.73 Å². The van der Waals surface area contributed by atoms with Crippen molar-refractivity contribution in [2.45, 2.75) is 11.3 Å². The number of nitrogens with two attached hydrogens (primary N) is 1. The quantitative estimate of drug-likeness (QED) is 0.863. The van der Waals surface area contributed by atoms with Crippen molar-refractivity contribution in [3.8, 4) is 6.07 Å². The molecule has 1 aliphatic heterocycles. The first-order valence-electron chi connectivity index (χ1n) is 5.78. The van der Waals surface area contributed by atoms with E-state index in [2.05, 4.69) is 0 Å². The molecule has 96 valence electrons. The zero-order chi connectivity index (χ0) is 13.2. The minimum atomic E-state index is -3.44. The van der Waals surface area contributed by atoms with Gasteiger partial charge in [-0.05, 0) is 43.1 Å². The maximum absolute atomic E-state index is 12.3. The third kappa shape index (κ3) is 2.38. The van der Waals surface area contributed by atoms with Gasteiger partial charge in [-0.3, -0.25) is 0 Å². The summed E-state index contributed by atoms with van der Waals surface area (Å²) < 4.78 is 26.1. The molecule has 18 heavy (non-hydrogen) atoms. The third-order valence-electron chi connectivity index (χ3n) is 3.20. The van der Waals surface area contributed by atoms with Gasteiger partial charge in [-0.25, -0.2) is 8.42 Å². The highest BCUT2D eigenvalue weighted by Crippen LogP contribution is 2.23. The molecular weight excluding hydrogens is 250 g/mol. The lowest BCUT2D eigenvalue weighted by Gasteiger charge is -2.16. The molecule has 5 nitrogen and oxygen atoms in total. The molecule has 1 unspecified atom stereocenters. The molecule has 2 rings (SSSR count). The van der Waals surface area contributed by atoms with E-state index in [1.54, 1.807) is 0 Å². The molecule has 1 fully saturated rings. The third-order valence-corrected chi connectivity index (χ3v) is 5.08. The summed E-state index contributed by atoms with van der Waals surface area (Å²) in [5, 5.41) is 8.69. The van der Waals surface area contributed by atoms with Crippen LogP contribution in [0.4, 0.5) is 0 Å². The lowest BCUT2D eigenvalue weighted by atomic mass is 10.1. The van der Waals surface area contributed by atoms with E-state index in [1.165, 1.54) is 28.6 Å². The predicted molar refractivity (Wildman–Crippen MR) is 67.1 cm³/mol. The van der Waals surface area contributed by atoms with E-state index >= 15 is 0 Å². The van der Waals surface area contributed by atoms with E-state index in [-0.39, 0.29) is 10.8 Å². The second-order valence-electron chi connectivity index (χ2n) is 4.39. The Hall–Kier alpha value is -1.42. The van der Waals surface area contributed by atoms with Gasteiger partial charge in [0.15, 0.2) is 0 Å². The molecule has 1 aromatic carbocycles. The van der Waals surface area contributed by atoms with Crippen molar-refractivity contribution in [2.75, 3.05) is 19.6 Å². The lowest BCUT2D eigenvalue weighted by molar-refractivity contribution is 0.459. The summed E-state index contributed by atoms with van der Waals surface area (Å²) in [7, 11) is -3.44. The molecule has 1 heterocycles. The van der Waals surface area contributed by atoms with Crippen molar-refractivity contribution in [1.82, 2.24) is 4.31 Å². The molecule has 0 spiro atoms. The van der Waals surface area contributed by atoms with Crippen LogP contribution < -0.4 is 5.73 Å². The summed E-state index contributed by atoms with van der Waals surface area (Å²) >= 11 is 0. The zero-order valence-corrected chi connectivity index (χ0v) is 10.7. The molecule has 0 aliphatic carbocycles. The van der Waals surface area contributed by atoms with Gasteiger partial charge in [0.2, 0.25) is 10.0 Å². The van der Waals surface area contributed by atoms with Gasteiger partial charge >= 0.3 is 0 Å². The molecule has 1 atom stereocenters. The summed E-state index contributed by atoms with van der Waals surface area (Å²) in [4.78, 5) is 0.235. The van der Waals surface area contributed by atoms with E-state index in [4.69, 9.17) is 11.0 Å². The number of nitriles is 1. The van der Waals surface area contributed by atoms with Crippen molar-refractivity contribution >= 4 is 10.0 Å². The summed E-state index contributed by atoms with van der Waals surface area (Å²) in [6.45, 7) is 1.52. The topological polar surface area (TPSA) is 87.2 Å². The standard InChI is InChI=1S/C12H15N3O2S/c13-7-10-1-3-12(4-2-10)18(16,17)15-6-5-11(8-14)9-15/h1-4,11H,5-6,8-9,14H2. The van der Waals surface area contributed by atoms with E-state index < -0.39 is 10.0 Å². The monoisotopic (exact) mass is 265 g/mol. The first kappa shape index (κ1) is 13.0. The lowest BCUT2D eigenvalue weighted by Crippen LogP contribution is -2.30. The predicted octanol–water partition coefficient (Wildman–Crippen LogP) is 0.528. The normalized spacial score (nSPS) is 20.8. The number of hydrogen-bond donors (Lipinski definition) is 1. The van der Waals surface area contributed by atoms with E-state index in [9.17, 15) is 8.42 Å². The second-order valence-corrected chi connectivity index (χ2v) is 6.33. The molecule has 1 aromatic rings.